The van der Waals surface area contributed by atoms with Gasteiger partial charge in [0, 0.05) is 16.9 Å². The summed E-state index contributed by atoms with van der Waals surface area (Å²) in [6.07, 6.45) is 5.88. The number of fused-ring (bicyclic) bond motifs is 2. The zero-order valence-corrected chi connectivity index (χ0v) is 22.7. The van der Waals surface area contributed by atoms with Crippen LogP contribution in [0.5, 0.6) is 11.5 Å². The monoisotopic (exact) mass is 513 g/mol. The maximum Gasteiger partial charge on any atom is 0.209 e. The molecule has 1 aromatic heterocycles. The Hall–Kier alpha value is -3.02. The van der Waals surface area contributed by atoms with Crippen LogP contribution in [0.1, 0.15) is 61.5 Å². The van der Waals surface area contributed by atoms with Crippen LogP contribution < -0.4 is 9.64 Å². The normalized spacial score (nSPS) is 19.5. The second-order valence-corrected chi connectivity index (χ2v) is 10.6. The van der Waals surface area contributed by atoms with Crippen LogP contribution in [0.3, 0.4) is 0 Å². The molecule has 3 heterocycles. The first-order valence-electron chi connectivity index (χ1n) is 13.4. The average Bonchev–Trinajstić information content (AvgIpc) is 3.43. The molecule has 0 amide bonds. The van der Waals surface area contributed by atoms with Gasteiger partial charge in [-0.1, -0.05) is 80.1 Å². The summed E-state index contributed by atoms with van der Waals surface area (Å²) in [5, 5.41) is 0. The molecule has 1 fully saturated rings. The van der Waals surface area contributed by atoms with Gasteiger partial charge in [-0.3, -0.25) is 0 Å². The first kappa shape index (κ1) is 25.6. The minimum atomic E-state index is -0.464. The molecule has 192 valence electrons. The van der Waals surface area contributed by atoms with E-state index in [1.165, 1.54) is 37.9 Å². The number of aromatic nitrogens is 1. The summed E-state index contributed by atoms with van der Waals surface area (Å²) in [5.41, 5.74) is 3.01. The van der Waals surface area contributed by atoms with Crippen molar-refractivity contribution in [3.63, 3.8) is 0 Å². The standard InChI is InChI=1S/C25H28N2O2.C7H8S/c1-3-18-12-14-27(15-13-18)17-19-16-26-24(28-19)25(2)20-8-4-6-10-22(20)29-23-11-7-5-9-21(23)25;8-6-7-4-2-1-3-5-7/h4-11,16,18H,3,12-15,17H2,1-2H3;1-5,8H,6H2/p+1. The van der Waals surface area contributed by atoms with Crippen molar-refractivity contribution in [3.05, 3.63) is 113 Å². The number of oxazole rings is 1. The van der Waals surface area contributed by atoms with Crippen LogP contribution in [0, 0.1) is 5.92 Å². The summed E-state index contributed by atoms with van der Waals surface area (Å²) in [6.45, 7) is 7.88. The average molecular weight is 514 g/mol. The SMILES string of the molecule is CCC1CC[NH+](Cc2cnc(C3(C)c4ccccc4Oc4ccccc43)o2)CC1.SCc1ccccc1. The zero-order chi connectivity index (χ0) is 25.7. The number of hydrogen-bond acceptors (Lipinski definition) is 4. The quantitative estimate of drug-likeness (QED) is 0.301. The highest BCUT2D eigenvalue weighted by molar-refractivity contribution is 7.79. The Morgan fingerprint density at radius 1 is 0.892 bits per heavy atom. The molecule has 0 unspecified atom stereocenters. The van der Waals surface area contributed by atoms with E-state index in [0.29, 0.717) is 0 Å². The fourth-order valence-corrected chi connectivity index (χ4v) is 5.76. The molecule has 2 aliphatic heterocycles. The molecule has 4 nitrogen and oxygen atoms in total. The fourth-order valence-electron chi connectivity index (χ4n) is 5.55. The Balaban J connectivity index is 0.000000301. The van der Waals surface area contributed by atoms with E-state index in [-0.39, 0.29) is 0 Å². The summed E-state index contributed by atoms with van der Waals surface area (Å²) in [6, 6.07) is 26.6. The molecule has 5 heteroatoms. The van der Waals surface area contributed by atoms with Gasteiger partial charge in [-0.2, -0.15) is 12.6 Å². The van der Waals surface area contributed by atoms with Crippen molar-refractivity contribution in [3.8, 4) is 11.5 Å². The predicted octanol–water partition coefficient (Wildman–Crippen LogP) is 6.46. The number of hydrogen-bond donors (Lipinski definition) is 2. The van der Waals surface area contributed by atoms with Gasteiger partial charge in [-0.25, -0.2) is 4.98 Å². The molecule has 1 N–H and O–H groups in total. The minimum Gasteiger partial charge on any atom is -0.457 e. The number of piperidine rings is 1. The van der Waals surface area contributed by atoms with E-state index in [2.05, 4.69) is 62.9 Å². The molecule has 2 aliphatic rings. The number of rotatable bonds is 5. The van der Waals surface area contributed by atoms with E-state index in [9.17, 15) is 0 Å². The van der Waals surface area contributed by atoms with Gasteiger partial charge in [-0.15, -0.1) is 0 Å². The van der Waals surface area contributed by atoms with Crippen LogP contribution >= 0.6 is 12.6 Å². The predicted molar refractivity (Wildman–Crippen MR) is 152 cm³/mol. The number of para-hydroxylation sites is 2. The maximum atomic E-state index is 6.41. The summed E-state index contributed by atoms with van der Waals surface area (Å²) in [7, 11) is 0. The number of thiol groups is 1. The topological polar surface area (TPSA) is 39.7 Å². The largest absolute Gasteiger partial charge is 0.457 e. The van der Waals surface area contributed by atoms with E-state index in [4.69, 9.17) is 14.1 Å². The van der Waals surface area contributed by atoms with Gasteiger partial charge in [0.25, 0.3) is 0 Å². The van der Waals surface area contributed by atoms with E-state index >= 15 is 0 Å². The molecular weight excluding hydrogens is 476 g/mol. The number of quaternary nitrogens is 1. The van der Waals surface area contributed by atoms with Gasteiger partial charge in [0.05, 0.1) is 19.3 Å². The lowest BCUT2D eigenvalue weighted by Crippen LogP contribution is -3.11. The second kappa shape index (κ2) is 11.6. The Morgan fingerprint density at radius 2 is 1.49 bits per heavy atom. The van der Waals surface area contributed by atoms with E-state index in [1.54, 1.807) is 4.90 Å². The highest BCUT2D eigenvalue weighted by atomic mass is 32.1. The molecule has 0 aliphatic carbocycles. The first-order chi connectivity index (χ1) is 18.1. The van der Waals surface area contributed by atoms with Gasteiger partial charge in [-0.05, 0) is 43.4 Å². The Morgan fingerprint density at radius 3 is 2.05 bits per heavy atom. The van der Waals surface area contributed by atoms with Crippen molar-refractivity contribution < 1.29 is 14.1 Å². The van der Waals surface area contributed by atoms with Crippen LogP contribution in [-0.4, -0.2) is 18.1 Å². The highest BCUT2D eigenvalue weighted by Gasteiger charge is 2.43. The van der Waals surface area contributed by atoms with Crippen LogP contribution in [0.25, 0.3) is 0 Å². The lowest BCUT2D eigenvalue weighted by atomic mass is 9.74. The zero-order valence-electron chi connectivity index (χ0n) is 21.8. The second-order valence-electron chi connectivity index (χ2n) is 10.3. The maximum absolute atomic E-state index is 6.41. The number of likely N-dealkylation sites (tertiary alicyclic amines) is 1. The lowest BCUT2D eigenvalue weighted by Gasteiger charge is -2.34. The number of benzene rings is 3. The Kier molecular flexibility index (Phi) is 8.02. The van der Waals surface area contributed by atoms with Crippen LogP contribution in [0.15, 0.2) is 89.5 Å². The van der Waals surface area contributed by atoms with Gasteiger partial charge in [0.15, 0.2) is 5.76 Å². The van der Waals surface area contributed by atoms with Crippen molar-refractivity contribution in [2.45, 2.75) is 50.8 Å². The molecular formula is C32H37N2O2S+. The molecule has 37 heavy (non-hydrogen) atoms. The molecule has 1 saturated heterocycles. The van der Waals surface area contributed by atoms with E-state index < -0.39 is 5.41 Å². The van der Waals surface area contributed by atoms with Gasteiger partial charge < -0.3 is 14.1 Å². The molecule has 4 aromatic rings. The van der Waals surface area contributed by atoms with Crippen LogP contribution in [0.2, 0.25) is 0 Å². The molecule has 6 rings (SSSR count). The third-order valence-corrected chi connectivity index (χ3v) is 8.26. The molecule has 0 radical (unpaired) electrons. The van der Waals surface area contributed by atoms with E-state index in [0.717, 1.165) is 52.5 Å². The van der Waals surface area contributed by atoms with Crippen molar-refractivity contribution in [2.24, 2.45) is 5.92 Å². The van der Waals surface area contributed by atoms with Gasteiger partial charge in [0.2, 0.25) is 5.89 Å². The number of ether oxygens (including phenoxy) is 1. The van der Waals surface area contributed by atoms with Gasteiger partial charge >= 0.3 is 0 Å². The highest BCUT2D eigenvalue weighted by Crippen LogP contribution is 2.50. The molecule has 0 spiro atoms. The van der Waals surface area contributed by atoms with Crippen molar-refractivity contribution in [2.75, 3.05) is 13.1 Å². The fraction of sp³-hybridized carbons (Fsp3) is 0.344. The van der Waals surface area contributed by atoms with Gasteiger partial charge in [0.1, 0.15) is 23.5 Å². The summed E-state index contributed by atoms with van der Waals surface area (Å²) < 4.78 is 12.6. The van der Waals surface area contributed by atoms with Crippen LogP contribution in [0.4, 0.5) is 0 Å². The number of nitrogens with one attached hydrogen (secondary N) is 1. The smallest absolute Gasteiger partial charge is 0.209 e. The lowest BCUT2D eigenvalue weighted by molar-refractivity contribution is -0.920. The molecule has 0 saturated carbocycles. The molecule has 3 aromatic carbocycles. The summed E-state index contributed by atoms with van der Waals surface area (Å²) >= 11 is 4.11. The summed E-state index contributed by atoms with van der Waals surface area (Å²) in [4.78, 5) is 6.38. The third-order valence-electron chi connectivity index (χ3n) is 7.89. The van der Waals surface area contributed by atoms with E-state index in [1.807, 2.05) is 48.7 Å². The minimum absolute atomic E-state index is 0.464. The van der Waals surface area contributed by atoms with Crippen molar-refractivity contribution >= 4 is 12.6 Å². The Labute approximate surface area is 226 Å². The van der Waals surface area contributed by atoms with Crippen molar-refractivity contribution in [1.29, 1.82) is 0 Å². The molecule has 0 atom stereocenters. The van der Waals surface area contributed by atoms with Crippen LogP contribution in [-0.2, 0) is 17.7 Å². The third kappa shape index (κ3) is 5.48. The molecule has 0 bridgehead atoms. The van der Waals surface area contributed by atoms with Crippen molar-refractivity contribution in [1.82, 2.24) is 4.98 Å². The number of nitrogens with zero attached hydrogens (tertiary/aromatic N) is 1. The first-order valence-corrected chi connectivity index (χ1v) is 14.1. The Bertz CT molecular complexity index is 1250. The summed E-state index contributed by atoms with van der Waals surface area (Å²) in [5.74, 6) is 5.21.